The maximum Gasteiger partial charge on any atom is 0.128 e. The second-order valence-electron chi connectivity index (χ2n) is 4.06. The fourth-order valence-corrected chi connectivity index (χ4v) is 1.93. The summed E-state index contributed by atoms with van der Waals surface area (Å²) >= 11 is 0. The van der Waals surface area contributed by atoms with E-state index >= 15 is 0 Å². The van der Waals surface area contributed by atoms with Crippen molar-refractivity contribution < 1.29 is 8.81 Å². The number of aryl methyl sites for hydroxylation is 2. The lowest BCUT2D eigenvalue weighted by Gasteiger charge is -2.17. The first kappa shape index (κ1) is 11.8. The third-order valence-electron chi connectivity index (χ3n) is 2.84. The molecule has 0 fully saturated rings. The fraction of sp³-hybridized carbons (Fsp3) is 0.231. The fourth-order valence-electron chi connectivity index (χ4n) is 1.93. The van der Waals surface area contributed by atoms with Gasteiger partial charge in [-0.1, -0.05) is 17.7 Å². The molecule has 4 heteroatoms. The van der Waals surface area contributed by atoms with Gasteiger partial charge >= 0.3 is 0 Å². The van der Waals surface area contributed by atoms with Crippen molar-refractivity contribution in [3.05, 3.63) is 58.8 Å². The lowest BCUT2D eigenvalue weighted by molar-refractivity contribution is 0.513. The van der Waals surface area contributed by atoms with Crippen molar-refractivity contribution in [2.24, 2.45) is 5.84 Å². The van der Waals surface area contributed by atoms with Gasteiger partial charge in [-0.05, 0) is 26.0 Å². The van der Waals surface area contributed by atoms with Crippen LogP contribution in [0.2, 0.25) is 0 Å². The van der Waals surface area contributed by atoms with Gasteiger partial charge in [0.05, 0.1) is 12.3 Å². The molecular formula is C13H15FN2O. The highest BCUT2D eigenvalue weighted by atomic mass is 19.1. The molecular weight excluding hydrogens is 219 g/mol. The Balaban J connectivity index is 2.49. The number of furan rings is 1. The van der Waals surface area contributed by atoms with Crippen molar-refractivity contribution in [3.8, 4) is 0 Å². The number of nitrogens with one attached hydrogen (secondary N) is 1. The lowest BCUT2D eigenvalue weighted by Crippen LogP contribution is -2.29. The van der Waals surface area contributed by atoms with Gasteiger partial charge in [-0.25, -0.2) is 9.82 Å². The molecule has 0 aliphatic carbocycles. The highest BCUT2D eigenvalue weighted by Gasteiger charge is 2.19. The van der Waals surface area contributed by atoms with Gasteiger partial charge < -0.3 is 4.42 Å². The second-order valence-corrected chi connectivity index (χ2v) is 4.06. The van der Waals surface area contributed by atoms with E-state index in [0.717, 1.165) is 16.9 Å². The smallest absolute Gasteiger partial charge is 0.128 e. The number of nitrogens with two attached hydrogens (primary N) is 1. The first-order valence-electron chi connectivity index (χ1n) is 5.39. The monoisotopic (exact) mass is 234 g/mol. The predicted octanol–water partition coefficient (Wildman–Crippen LogP) is 2.59. The van der Waals surface area contributed by atoms with Crippen LogP contribution in [0.3, 0.4) is 0 Å². The van der Waals surface area contributed by atoms with Gasteiger partial charge in [-0.3, -0.25) is 5.84 Å². The Hall–Kier alpha value is -1.65. The van der Waals surface area contributed by atoms with Gasteiger partial charge in [-0.2, -0.15) is 0 Å². The molecule has 2 aromatic rings. The Labute approximate surface area is 99.4 Å². The van der Waals surface area contributed by atoms with E-state index in [9.17, 15) is 4.39 Å². The van der Waals surface area contributed by atoms with Crippen LogP contribution in [-0.4, -0.2) is 0 Å². The average molecular weight is 234 g/mol. The van der Waals surface area contributed by atoms with E-state index in [4.69, 9.17) is 10.3 Å². The van der Waals surface area contributed by atoms with Crippen LogP contribution in [0.1, 0.15) is 28.5 Å². The van der Waals surface area contributed by atoms with E-state index in [-0.39, 0.29) is 5.82 Å². The van der Waals surface area contributed by atoms with Crippen LogP contribution >= 0.6 is 0 Å². The summed E-state index contributed by atoms with van der Waals surface area (Å²) in [6.45, 7) is 3.74. The van der Waals surface area contributed by atoms with Crippen LogP contribution in [0.25, 0.3) is 0 Å². The van der Waals surface area contributed by atoms with Crippen LogP contribution in [0.5, 0.6) is 0 Å². The largest absolute Gasteiger partial charge is 0.469 e. The van der Waals surface area contributed by atoms with Gasteiger partial charge in [-0.15, -0.1) is 0 Å². The third-order valence-corrected chi connectivity index (χ3v) is 2.84. The number of hydrogen-bond donors (Lipinski definition) is 2. The summed E-state index contributed by atoms with van der Waals surface area (Å²) in [5, 5.41) is 0. The van der Waals surface area contributed by atoms with Crippen LogP contribution in [0.4, 0.5) is 4.39 Å². The molecule has 0 aliphatic heterocycles. The second kappa shape index (κ2) is 4.69. The predicted molar refractivity (Wildman–Crippen MR) is 63.7 cm³/mol. The quantitative estimate of drug-likeness (QED) is 0.634. The average Bonchev–Trinajstić information content (AvgIpc) is 2.71. The van der Waals surface area contributed by atoms with Crippen molar-refractivity contribution in [1.29, 1.82) is 0 Å². The zero-order valence-electron chi connectivity index (χ0n) is 9.83. The minimum absolute atomic E-state index is 0.279. The molecule has 1 atom stereocenters. The van der Waals surface area contributed by atoms with E-state index in [1.54, 1.807) is 24.5 Å². The van der Waals surface area contributed by atoms with E-state index in [0.29, 0.717) is 5.56 Å². The van der Waals surface area contributed by atoms with Gasteiger partial charge in [0.25, 0.3) is 0 Å². The summed E-state index contributed by atoms with van der Waals surface area (Å²) in [6.07, 6.45) is 1.57. The summed E-state index contributed by atoms with van der Waals surface area (Å²) in [5.74, 6) is 5.98. The van der Waals surface area contributed by atoms with E-state index in [1.807, 2.05) is 13.8 Å². The van der Waals surface area contributed by atoms with E-state index < -0.39 is 6.04 Å². The molecule has 17 heavy (non-hydrogen) atoms. The Morgan fingerprint density at radius 2 is 2.00 bits per heavy atom. The maximum absolute atomic E-state index is 13.8. The topological polar surface area (TPSA) is 51.2 Å². The molecule has 0 aliphatic rings. The number of rotatable bonds is 3. The summed E-state index contributed by atoms with van der Waals surface area (Å²) in [4.78, 5) is 0. The Morgan fingerprint density at radius 3 is 2.59 bits per heavy atom. The molecule has 0 radical (unpaired) electrons. The van der Waals surface area contributed by atoms with Crippen molar-refractivity contribution >= 4 is 0 Å². The van der Waals surface area contributed by atoms with Crippen molar-refractivity contribution in [3.63, 3.8) is 0 Å². The van der Waals surface area contributed by atoms with Crippen molar-refractivity contribution in [2.75, 3.05) is 0 Å². The molecule has 0 saturated heterocycles. The minimum Gasteiger partial charge on any atom is -0.469 e. The molecule has 3 nitrogen and oxygen atoms in total. The Bertz CT molecular complexity index is 522. The molecule has 1 aromatic heterocycles. The van der Waals surface area contributed by atoms with Crippen LogP contribution in [0, 0.1) is 19.7 Å². The number of hydrogen-bond acceptors (Lipinski definition) is 3. The lowest BCUT2D eigenvalue weighted by atomic mass is 9.98. The highest BCUT2D eigenvalue weighted by Crippen LogP contribution is 2.27. The van der Waals surface area contributed by atoms with Crippen molar-refractivity contribution in [2.45, 2.75) is 19.9 Å². The van der Waals surface area contributed by atoms with Crippen molar-refractivity contribution in [1.82, 2.24) is 5.43 Å². The molecule has 90 valence electrons. The molecule has 0 bridgehead atoms. The molecule has 0 saturated carbocycles. The summed E-state index contributed by atoms with van der Waals surface area (Å²) in [6, 6.07) is 6.36. The number of benzene rings is 1. The number of hydrazine groups is 1. The maximum atomic E-state index is 13.8. The highest BCUT2D eigenvalue weighted by molar-refractivity contribution is 5.35. The molecule has 3 N–H and O–H groups in total. The van der Waals surface area contributed by atoms with Gasteiger partial charge in [0.1, 0.15) is 11.6 Å². The zero-order valence-corrected chi connectivity index (χ0v) is 9.83. The summed E-state index contributed by atoms with van der Waals surface area (Å²) in [7, 11) is 0. The Kier molecular flexibility index (Phi) is 3.26. The first-order valence-corrected chi connectivity index (χ1v) is 5.39. The van der Waals surface area contributed by atoms with Crippen LogP contribution in [-0.2, 0) is 0 Å². The molecule has 1 unspecified atom stereocenters. The van der Waals surface area contributed by atoms with Crippen LogP contribution in [0.15, 0.2) is 34.9 Å². The molecule has 1 heterocycles. The summed E-state index contributed by atoms with van der Waals surface area (Å²) < 4.78 is 19.0. The van der Waals surface area contributed by atoms with E-state index in [2.05, 4.69) is 5.43 Å². The summed E-state index contributed by atoms with van der Waals surface area (Å²) in [5.41, 5.74) is 4.99. The first-order chi connectivity index (χ1) is 8.13. The van der Waals surface area contributed by atoms with Gasteiger partial charge in [0, 0.05) is 11.1 Å². The normalized spacial score (nSPS) is 12.7. The molecule has 1 aromatic carbocycles. The van der Waals surface area contributed by atoms with Crippen LogP contribution < -0.4 is 11.3 Å². The SMILES string of the molecule is Cc1ccc(F)c(C(NN)c2ccoc2C)c1. The molecule has 0 amide bonds. The van der Waals surface area contributed by atoms with E-state index in [1.165, 1.54) is 6.07 Å². The standard InChI is InChI=1S/C13H15FN2O/c1-8-3-4-12(14)11(7-8)13(16-15)10-5-6-17-9(10)2/h3-7,13,16H,15H2,1-2H3. The number of halogens is 1. The Morgan fingerprint density at radius 1 is 1.24 bits per heavy atom. The van der Waals surface area contributed by atoms with Gasteiger partial charge in [0.2, 0.25) is 0 Å². The molecule has 0 spiro atoms. The zero-order chi connectivity index (χ0) is 12.4. The minimum atomic E-state index is -0.395. The van der Waals surface area contributed by atoms with Gasteiger partial charge in [0.15, 0.2) is 0 Å². The molecule has 2 rings (SSSR count). The third kappa shape index (κ3) is 2.23.